The summed E-state index contributed by atoms with van der Waals surface area (Å²) in [5.41, 5.74) is 0.570. The zero-order valence-corrected chi connectivity index (χ0v) is 21.6. The van der Waals surface area contributed by atoms with Crippen molar-refractivity contribution in [2.45, 2.75) is 64.4 Å². The Kier molecular flexibility index (Phi) is 13.5. The van der Waals surface area contributed by atoms with Gasteiger partial charge in [-0.25, -0.2) is 0 Å². The molecule has 0 bridgehead atoms. The Morgan fingerprint density at radius 3 is 2.50 bits per heavy atom. The van der Waals surface area contributed by atoms with Crippen molar-refractivity contribution in [1.29, 1.82) is 0 Å². The van der Waals surface area contributed by atoms with Crippen LogP contribution in [0.4, 0.5) is 8.78 Å². The van der Waals surface area contributed by atoms with Crippen LogP contribution in [0, 0.1) is 16.0 Å². The topological polar surface area (TPSA) is 87.9 Å². The minimum absolute atomic E-state index is 0.167. The Balaban J connectivity index is 0.000000268. The number of hydrogen-bond acceptors (Lipinski definition) is 6. The van der Waals surface area contributed by atoms with Crippen LogP contribution in [0.15, 0.2) is 78.9 Å². The van der Waals surface area contributed by atoms with E-state index in [1.165, 1.54) is 0 Å². The van der Waals surface area contributed by atoms with Crippen LogP contribution in [-0.2, 0) is 16.2 Å². The van der Waals surface area contributed by atoms with Crippen LogP contribution in [0.3, 0.4) is 0 Å². The summed E-state index contributed by atoms with van der Waals surface area (Å²) in [5.74, 6) is -2.04. The van der Waals surface area contributed by atoms with E-state index in [1.54, 1.807) is 54.6 Å². The number of ether oxygens (including phenoxy) is 2. The van der Waals surface area contributed by atoms with Crippen molar-refractivity contribution in [3.8, 4) is 11.5 Å². The molecule has 1 saturated carbocycles. The number of rotatable bonds is 13. The van der Waals surface area contributed by atoms with Gasteiger partial charge in [0, 0.05) is 6.42 Å². The van der Waals surface area contributed by atoms with E-state index in [4.69, 9.17) is 9.47 Å². The number of carbonyl (C=O) groups is 1. The Labute approximate surface area is 222 Å². The standard InChI is InChI=1S/C15H18F2O.C14H17NO5/c16-15(17,11-10-13-6-4-5-7-13)12-18-14-8-2-1-3-9-14;1-2-3-4-5-9-14(16)20-13-8-6-7-12(10-13)11-19-15(17)18/h1-3,8-11,13H,4-7,12H2;2-3,6-8,10H,4-5,9,11H2,1H3/b11-10+;3-2-. The van der Waals surface area contributed by atoms with Crippen molar-refractivity contribution in [2.24, 2.45) is 5.92 Å². The normalized spacial score (nSPS) is 13.8. The molecular weight excluding hydrogens is 496 g/mol. The molecular formula is C29H35F2NO6. The van der Waals surface area contributed by atoms with Gasteiger partial charge >= 0.3 is 5.97 Å². The van der Waals surface area contributed by atoms with E-state index < -0.39 is 17.6 Å². The van der Waals surface area contributed by atoms with Gasteiger partial charge in [0.2, 0.25) is 0 Å². The van der Waals surface area contributed by atoms with Crippen molar-refractivity contribution in [1.82, 2.24) is 0 Å². The number of carbonyl (C=O) groups excluding carboxylic acids is 1. The first kappa shape index (κ1) is 30.5. The van der Waals surface area contributed by atoms with Gasteiger partial charge in [0.15, 0.2) is 6.61 Å². The largest absolute Gasteiger partial charge is 0.487 e. The highest BCUT2D eigenvalue weighted by Crippen LogP contribution is 2.28. The van der Waals surface area contributed by atoms with Gasteiger partial charge in [0.05, 0.1) is 0 Å². The molecule has 7 nitrogen and oxygen atoms in total. The third-order valence-electron chi connectivity index (χ3n) is 5.64. The fraction of sp³-hybridized carbons (Fsp3) is 0.414. The number of allylic oxidation sites excluding steroid dienone is 3. The van der Waals surface area contributed by atoms with Gasteiger partial charge in [-0.1, -0.05) is 61.4 Å². The summed E-state index contributed by atoms with van der Waals surface area (Å²) >= 11 is 0. The Bertz CT molecular complexity index is 1040. The number of benzene rings is 2. The van der Waals surface area contributed by atoms with Crippen molar-refractivity contribution < 1.29 is 33.0 Å². The average molecular weight is 532 g/mol. The number of esters is 1. The molecule has 1 aliphatic rings. The number of hydrogen-bond donors (Lipinski definition) is 0. The quantitative estimate of drug-likeness (QED) is 0.0664. The van der Waals surface area contributed by atoms with E-state index >= 15 is 0 Å². The lowest BCUT2D eigenvalue weighted by Gasteiger charge is -2.14. The third kappa shape index (κ3) is 13.5. The average Bonchev–Trinajstić information content (AvgIpc) is 3.43. The number of unbranched alkanes of at least 4 members (excludes halogenated alkanes) is 1. The van der Waals surface area contributed by atoms with E-state index in [0.29, 0.717) is 29.4 Å². The molecule has 0 radical (unpaired) electrons. The fourth-order valence-corrected chi connectivity index (χ4v) is 3.71. The Morgan fingerprint density at radius 2 is 1.82 bits per heavy atom. The monoisotopic (exact) mass is 531 g/mol. The van der Waals surface area contributed by atoms with Crippen LogP contribution in [-0.4, -0.2) is 23.6 Å². The molecule has 1 fully saturated rings. The number of halogens is 2. The lowest BCUT2D eigenvalue weighted by Crippen LogP contribution is -2.23. The van der Waals surface area contributed by atoms with Gasteiger partial charge in [0.25, 0.3) is 11.0 Å². The summed E-state index contributed by atoms with van der Waals surface area (Å²) in [6.45, 7) is 1.16. The van der Waals surface area contributed by atoms with Crippen molar-refractivity contribution in [3.63, 3.8) is 0 Å². The van der Waals surface area contributed by atoms with E-state index in [9.17, 15) is 23.7 Å². The van der Waals surface area contributed by atoms with Gasteiger partial charge in [0.1, 0.15) is 18.1 Å². The van der Waals surface area contributed by atoms with Crippen molar-refractivity contribution in [3.05, 3.63) is 94.6 Å². The molecule has 0 heterocycles. The zero-order chi connectivity index (χ0) is 27.6. The van der Waals surface area contributed by atoms with E-state index in [0.717, 1.165) is 44.6 Å². The summed E-state index contributed by atoms with van der Waals surface area (Å²) in [4.78, 5) is 25.9. The van der Waals surface area contributed by atoms with E-state index in [-0.39, 0.29) is 12.6 Å². The molecule has 2 aromatic rings. The van der Waals surface area contributed by atoms with Crippen LogP contribution < -0.4 is 9.47 Å². The summed E-state index contributed by atoms with van der Waals surface area (Å²) in [6.07, 6.45) is 12.9. The van der Waals surface area contributed by atoms with Crippen LogP contribution >= 0.6 is 0 Å². The maximum Gasteiger partial charge on any atom is 0.311 e. The summed E-state index contributed by atoms with van der Waals surface area (Å²) in [6, 6.07) is 15.2. The van der Waals surface area contributed by atoms with Gasteiger partial charge in [-0.05, 0) is 74.4 Å². The predicted octanol–water partition coefficient (Wildman–Crippen LogP) is 7.49. The summed E-state index contributed by atoms with van der Waals surface area (Å²) in [7, 11) is 0. The molecule has 1 aliphatic carbocycles. The molecule has 0 aliphatic heterocycles. The van der Waals surface area contributed by atoms with Crippen LogP contribution in [0.25, 0.3) is 0 Å². The second kappa shape index (κ2) is 16.9. The van der Waals surface area contributed by atoms with Gasteiger partial charge in [-0.3, -0.25) is 4.79 Å². The molecule has 9 heteroatoms. The molecule has 0 N–H and O–H groups in total. The first-order valence-electron chi connectivity index (χ1n) is 12.7. The number of nitrogens with zero attached hydrogens (tertiary/aromatic N) is 1. The maximum atomic E-state index is 13.6. The molecule has 0 amide bonds. The molecule has 0 spiro atoms. The van der Waals surface area contributed by atoms with Crippen molar-refractivity contribution in [2.75, 3.05) is 6.61 Å². The first-order chi connectivity index (χ1) is 18.3. The van der Waals surface area contributed by atoms with Gasteiger partial charge in [-0.15, -0.1) is 10.1 Å². The van der Waals surface area contributed by atoms with Crippen LogP contribution in [0.5, 0.6) is 11.5 Å². The molecule has 0 saturated heterocycles. The van der Waals surface area contributed by atoms with Gasteiger partial charge < -0.3 is 14.3 Å². The lowest BCUT2D eigenvalue weighted by atomic mass is 10.1. The molecule has 2 aromatic carbocycles. The zero-order valence-electron chi connectivity index (χ0n) is 21.6. The predicted molar refractivity (Wildman–Crippen MR) is 141 cm³/mol. The molecule has 38 heavy (non-hydrogen) atoms. The first-order valence-corrected chi connectivity index (χ1v) is 12.7. The highest BCUT2D eigenvalue weighted by atomic mass is 19.3. The van der Waals surface area contributed by atoms with E-state index in [1.807, 2.05) is 25.1 Å². The molecule has 0 unspecified atom stereocenters. The van der Waals surface area contributed by atoms with Crippen LogP contribution in [0.1, 0.15) is 57.4 Å². The number of alkyl halides is 2. The minimum Gasteiger partial charge on any atom is -0.487 e. The number of para-hydroxylation sites is 1. The van der Waals surface area contributed by atoms with Gasteiger partial charge in [-0.2, -0.15) is 8.78 Å². The second-order valence-corrected chi connectivity index (χ2v) is 8.85. The second-order valence-electron chi connectivity index (χ2n) is 8.85. The third-order valence-corrected chi connectivity index (χ3v) is 5.64. The molecule has 0 aromatic heterocycles. The van der Waals surface area contributed by atoms with Crippen molar-refractivity contribution >= 4 is 5.97 Å². The SMILES string of the molecule is C/C=C\CCCC(=O)Oc1cccc(CO[N+](=O)[O-])c1.FC(F)(/C=C/C1CCCC1)COc1ccccc1. The minimum atomic E-state index is -2.89. The molecule has 3 rings (SSSR count). The molecule has 0 atom stereocenters. The Hall–Kier alpha value is -3.75. The van der Waals surface area contributed by atoms with E-state index in [2.05, 4.69) is 4.84 Å². The summed E-state index contributed by atoms with van der Waals surface area (Å²) < 4.78 is 37.3. The maximum absolute atomic E-state index is 13.6. The molecule has 206 valence electrons. The lowest BCUT2D eigenvalue weighted by molar-refractivity contribution is -0.763. The summed E-state index contributed by atoms with van der Waals surface area (Å²) in [5, 5.41) is 9.24. The highest BCUT2D eigenvalue weighted by Gasteiger charge is 2.27. The van der Waals surface area contributed by atoms with Crippen LogP contribution in [0.2, 0.25) is 0 Å². The fourth-order valence-electron chi connectivity index (χ4n) is 3.71. The Morgan fingerprint density at radius 1 is 1.11 bits per heavy atom. The highest BCUT2D eigenvalue weighted by molar-refractivity contribution is 5.72. The smallest absolute Gasteiger partial charge is 0.311 e.